The van der Waals surface area contributed by atoms with Gasteiger partial charge in [0.2, 0.25) is 0 Å². The van der Waals surface area contributed by atoms with Crippen molar-refractivity contribution in [1.82, 2.24) is 9.80 Å². The largest absolute Gasteiger partial charge is 0.370 e. The molecule has 1 saturated carbocycles. The molecule has 0 amide bonds. The van der Waals surface area contributed by atoms with E-state index in [1.807, 2.05) is 0 Å². The van der Waals surface area contributed by atoms with Gasteiger partial charge in [0, 0.05) is 25.2 Å². The van der Waals surface area contributed by atoms with Gasteiger partial charge in [0.05, 0.1) is 6.54 Å². The van der Waals surface area contributed by atoms with E-state index in [-0.39, 0.29) is 0 Å². The zero-order valence-electron chi connectivity index (χ0n) is 12.1. The summed E-state index contributed by atoms with van der Waals surface area (Å²) >= 11 is 0. The predicted molar refractivity (Wildman–Crippen MR) is 76.7 cm³/mol. The second-order valence-electron chi connectivity index (χ2n) is 6.11. The number of nitrogens with two attached hydrogens (primary N) is 1. The Morgan fingerprint density at radius 2 is 1.94 bits per heavy atom. The zero-order chi connectivity index (χ0) is 13.1. The molecule has 2 aliphatic rings. The van der Waals surface area contributed by atoms with Crippen LogP contribution in [0.2, 0.25) is 0 Å². The molecule has 0 aromatic carbocycles. The summed E-state index contributed by atoms with van der Waals surface area (Å²) in [4.78, 5) is 9.26. The van der Waals surface area contributed by atoms with Gasteiger partial charge in [-0.2, -0.15) is 0 Å². The van der Waals surface area contributed by atoms with Gasteiger partial charge in [-0.25, -0.2) is 0 Å². The number of likely N-dealkylation sites (N-methyl/N-ethyl adjacent to an activating group) is 1. The number of guanidine groups is 1. The van der Waals surface area contributed by atoms with E-state index in [0.717, 1.165) is 37.6 Å². The van der Waals surface area contributed by atoms with Gasteiger partial charge in [-0.05, 0) is 45.6 Å². The molecule has 0 aromatic rings. The van der Waals surface area contributed by atoms with Gasteiger partial charge in [0.15, 0.2) is 5.96 Å². The zero-order valence-corrected chi connectivity index (χ0v) is 12.1. The maximum absolute atomic E-state index is 6.09. The van der Waals surface area contributed by atoms with Crippen molar-refractivity contribution in [3.05, 3.63) is 0 Å². The second kappa shape index (κ2) is 5.91. The summed E-state index contributed by atoms with van der Waals surface area (Å²) in [5.74, 6) is 1.59. The Kier molecular flexibility index (Phi) is 4.49. The van der Waals surface area contributed by atoms with Crippen LogP contribution in [0.5, 0.6) is 0 Å². The standard InChI is InChI=1S/C14H28N4/c1-11-6-8-18(9-7-11)14(15)16-10-12(2)17(3)13-4-5-13/h11-13H,4-10H2,1-3H3,(H2,15,16). The summed E-state index contributed by atoms with van der Waals surface area (Å²) in [6.07, 6.45) is 5.19. The van der Waals surface area contributed by atoms with E-state index in [9.17, 15) is 0 Å². The molecular weight excluding hydrogens is 224 g/mol. The summed E-state index contributed by atoms with van der Waals surface area (Å²) in [6.45, 7) is 7.53. The first-order valence-electron chi connectivity index (χ1n) is 7.34. The molecule has 1 aliphatic heterocycles. The monoisotopic (exact) mass is 252 g/mol. The van der Waals surface area contributed by atoms with E-state index in [1.165, 1.54) is 25.7 Å². The van der Waals surface area contributed by atoms with Crippen LogP contribution in [-0.2, 0) is 0 Å². The Bertz CT molecular complexity index is 290. The first kappa shape index (κ1) is 13.7. The highest BCUT2D eigenvalue weighted by molar-refractivity contribution is 5.78. The second-order valence-corrected chi connectivity index (χ2v) is 6.11. The summed E-state index contributed by atoms with van der Waals surface area (Å²) in [5, 5.41) is 0. The maximum atomic E-state index is 6.09. The van der Waals surface area contributed by atoms with Gasteiger partial charge in [-0.3, -0.25) is 9.89 Å². The van der Waals surface area contributed by atoms with E-state index >= 15 is 0 Å². The van der Waals surface area contributed by atoms with E-state index < -0.39 is 0 Å². The number of aliphatic imine (C=N–C) groups is 1. The van der Waals surface area contributed by atoms with Gasteiger partial charge in [-0.1, -0.05) is 6.92 Å². The minimum atomic E-state index is 0.500. The lowest BCUT2D eigenvalue weighted by atomic mass is 10.00. The lowest BCUT2D eigenvalue weighted by Crippen LogP contribution is -2.43. The predicted octanol–water partition coefficient (Wildman–Crippen LogP) is 1.52. The van der Waals surface area contributed by atoms with Crippen LogP contribution < -0.4 is 5.73 Å². The van der Waals surface area contributed by atoms with Gasteiger partial charge >= 0.3 is 0 Å². The van der Waals surface area contributed by atoms with Gasteiger partial charge in [0.1, 0.15) is 0 Å². The van der Waals surface area contributed by atoms with Crippen molar-refractivity contribution in [2.24, 2.45) is 16.6 Å². The third kappa shape index (κ3) is 3.61. The van der Waals surface area contributed by atoms with Crippen molar-refractivity contribution in [2.45, 2.75) is 51.6 Å². The average molecular weight is 252 g/mol. The highest BCUT2D eigenvalue weighted by Gasteiger charge is 2.29. The van der Waals surface area contributed by atoms with E-state index in [1.54, 1.807) is 0 Å². The molecule has 4 heteroatoms. The SMILES string of the molecule is CC1CCN(C(N)=NCC(C)N(C)C2CC2)CC1. The van der Waals surface area contributed by atoms with Gasteiger partial charge in [0.25, 0.3) is 0 Å². The molecule has 2 fully saturated rings. The van der Waals surface area contributed by atoms with Crippen molar-refractivity contribution in [1.29, 1.82) is 0 Å². The highest BCUT2D eigenvalue weighted by Crippen LogP contribution is 2.26. The molecule has 0 bridgehead atoms. The van der Waals surface area contributed by atoms with E-state index in [0.29, 0.717) is 6.04 Å². The van der Waals surface area contributed by atoms with Crippen LogP contribution in [0.25, 0.3) is 0 Å². The van der Waals surface area contributed by atoms with Crippen LogP contribution in [0, 0.1) is 5.92 Å². The summed E-state index contributed by atoms with van der Waals surface area (Å²) in [7, 11) is 2.20. The fourth-order valence-electron chi connectivity index (χ4n) is 2.53. The molecule has 1 saturated heterocycles. The molecule has 1 aliphatic carbocycles. The number of nitrogens with zero attached hydrogens (tertiary/aromatic N) is 3. The normalized spacial score (nSPS) is 24.7. The smallest absolute Gasteiger partial charge is 0.191 e. The Morgan fingerprint density at radius 3 is 2.50 bits per heavy atom. The Morgan fingerprint density at radius 1 is 1.33 bits per heavy atom. The molecule has 18 heavy (non-hydrogen) atoms. The fraction of sp³-hybridized carbons (Fsp3) is 0.929. The fourth-order valence-corrected chi connectivity index (χ4v) is 2.53. The molecule has 4 nitrogen and oxygen atoms in total. The number of piperidine rings is 1. The average Bonchev–Trinajstić information content (AvgIpc) is 3.19. The van der Waals surface area contributed by atoms with E-state index in [4.69, 9.17) is 5.73 Å². The molecule has 0 radical (unpaired) electrons. The lowest BCUT2D eigenvalue weighted by molar-refractivity contribution is 0.250. The quantitative estimate of drug-likeness (QED) is 0.609. The van der Waals surface area contributed by atoms with Crippen LogP contribution in [0.3, 0.4) is 0 Å². The van der Waals surface area contributed by atoms with Crippen molar-refractivity contribution in [3.63, 3.8) is 0 Å². The molecule has 104 valence electrons. The van der Waals surface area contributed by atoms with Crippen LogP contribution >= 0.6 is 0 Å². The maximum Gasteiger partial charge on any atom is 0.191 e. The molecule has 1 heterocycles. The summed E-state index contributed by atoms with van der Waals surface area (Å²) < 4.78 is 0. The van der Waals surface area contributed by atoms with Crippen LogP contribution in [0.15, 0.2) is 4.99 Å². The van der Waals surface area contributed by atoms with Crippen molar-refractivity contribution >= 4 is 5.96 Å². The topological polar surface area (TPSA) is 44.9 Å². The third-order valence-electron chi connectivity index (χ3n) is 4.44. The molecule has 1 atom stereocenters. The minimum Gasteiger partial charge on any atom is -0.370 e. The summed E-state index contributed by atoms with van der Waals surface area (Å²) in [5.41, 5.74) is 6.09. The Hall–Kier alpha value is -0.770. The first-order chi connectivity index (χ1) is 8.58. The van der Waals surface area contributed by atoms with Crippen molar-refractivity contribution in [3.8, 4) is 0 Å². The molecule has 0 spiro atoms. The number of hydrogen-bond acceptors (Lipinski definition) is 2. The first-order valence-corrected chi connectivity index (χ1v) is 7.34. The molecule has 0 aromatic heterocycles. The van der Waals surface area contributed by atoms with Crippen LogP contribution in [0.4, 0.5) is 0 Å². The molecule has 1 unspecified atom stereocenters. The van der Waals surface area contributed by atoms with Crippen LogP contribution in [0.1, 0.15) is 39.5 Å². The number of likely N-dealkylation sites (tertiary alicyclic amines) is 1. The molecule has 2 N–H and O–H groups in total. The van der Waals surface area contributed by atoms with Gasteiger partial charge in [-0.15, -0.1) is 0 Å². The lowest BCUT2D eigenvalue weighted by Gasteiger charge is -2.31. The number of hydrogen-bond donors (Lipinski definition) is 1. The summed E-state index contributed by atoms with van der Waals surface area (Å²) in [6, 6.07) is 1.30. The molecular formula is C14H28N4. The Labute approximate surface area is 111 Å². The van der Waals surface area contributed by atoms with E-state index in [2.05, 4.69) is 35.7 Å². The minimum absolute atomic E-state index is 0.500. The van der Waals surface area contributed by atoms with Crippen molar-refractivity contribution < 1.29 is 0 Å². The van der Waals surface area contributed by atoms with Crippen LogP contribution in [-0.4, -0.2) is 54.5 Å². The number of rotatable bonds is 4. The third-order valence-corrected chi connectivity index (χ3v) is 4.44. The Balaban J connectivity index is 1.77. The van der Waals surface area contributed by atoms with Gasteiger partial charge < -0.3 is 10.6 Å². The highest BCUT2D eigenvalue weighted by atomic mass is 15.3. The van der Waals surface area contributed by atoms with Crippen molar-refractivity contribution in [2.75, 3.05) is 26.7 Å². The molecule has 2 rings (SSSR count).